The quantitative estimate of drug-likeness (QED) is 0.0196. The Morgan fingerprint density at radius 2 is 0.900 bits per heavy atom. The Hall–Kier alpha value is -2.49. The molecule has 0 N–H and O–H groups in total. The minimum absolute atomic E-state index is 0.148. The van der Waals surface area contributed by atoms with Crippen molar-refractivity contribution in [3.05, 3.63) is 36.5 Å². The maximum absolute atomic E-state index is 12.8. The van der Waals surface area contributed by atoms with Crippen LogP contribution < -0.4 is 5.11 Å². The number of carbonyl (C=O) groups excluding carboxylic acids is 3. The number of esters is 2. The molecule has 0 aromatic heterocycles. The number of likely N-dealkylation sites (N-methyl/N-ethyl adjacent to an activating group) is 1. The molecule has 2 unspecified atom stereocenters. The number of quaternary nitrogens is 1. The topological polar surface area (TPSA) is 111 Å². The molecule has 0 bridgehead atoms. The van der Waals surface area contributed by atoms with Gasteiger partial charge in [0.05, 0.1) is 40.3 Å². The first-order valence-electron chi connectivity index (χ1n) is 24.6. The third-order valence-electron chi connectivity index (χ3n) is 10.6. The number of nitrogens with zero attached hydrogens (tertiary/aromatic N) is 1. The predicted molar refractivity (Wildman–Crippen MR) is 246 cm³/mol. The molecule has 2 atom stereocenters. The van der Waals surface area contributed by atoms with Crippen molar-refractivity contribution in [2.45, 2.75) is 225 Å². The van der Waals surface area contributed by atoms with Crippen molar-refractivity contribution < 1.29 is 42.9 Å². The van der Waals surface area contributed by atoms with E-state index in [0.717, 1.165) is 51.4 Å². The molecule has 0 saturated carbocycles. The van der Waals surface area contributed by atoms with Crippen LogP contribution in [0.3, 0.4) is 0 Å². The monoisotopic (exact) mass is 848 g/mol. The predicted octanol–water partition coefficient (Wildman–Crippen LogP) is 12.1. The summed E-state index contributed by atoms with van der Waals surface area (Å²) < 4.78 is 22.6. The lowest BCUT2D eigenvalue weighted by atomic mass is 10.0. The van der Waals surface area contributed by atoms with Crippen LogP contribution in [0.25, 0.3) is 0 Å². The Bertz CT molecular complexity index is 1080. The first-order valence-corrected chi connectivity index (χ1v) is 24.6. The maximum Gasteiger partial charge on any atom is 0.306 e. The number of hydrogen-bond acceptors (Lipinski definition) is 8. The van der Waals surface area contributed by atoms with Gasteiger partial charge >= 0.3 is 11.9 Å². The van der Waals surface area contributed by atoms with Crippen molar-refractivity contribution in [1.29, 1.82) is 0 Å². The highest BCUT2D eigenvalue weighted by molar-refractivity contribution is 5.70. The number of hydrogen-bond donors (Lipinski definition) is 0. The van der Waals surface area contributed by atoms with Gasteiger partial charge in [0, 0.05) is 12.8 Å². The number of carbonyl (C=O) groups is 3. The Balaban J connectivity index is 4.26. The first-order chi connectivity index (χ1) is 29.1. The average Bonchev–Trinajstić information content (AvgIpc) is 3.21. The molecule has 0 aromatic carbocycles. The van der Waals surface area contributed by atoms with Gasteiger partial charge in [-0.1, -0.05) is 185 Å². The molecule has 0 radical (unpaired) electrons. The van der Waals surface area contributed by atoms with E-state index in [4.69, 9.17) is 18.9 Å². The Morgan fingerprint density at radius 1 is 0.500 bits per heavy atom. The third-order valence-corrected chi connectivity index (χ3v) is 10.6. The highest BCUT2D eigenvalue weighted by atomic mass is 16.7. The second kappa shape index (κ2) is 43.2. The Kier molecular flexibility index (Phi) is 41.4. The first kappa shape index (κ1) is 57.5. The van der Waals surface area contributed by atoms with Gasteiger partial charge in [0.25, 0.3) is 0 Å². The van der Waals surface area contributed by atoms with Gasteiger partial charge in [-0.05, 0) is 51.4 Å². The lowest BCUT2D eigenvalue weighted by molar-refractivity contribution is -0.870. The number of carboxylic acid groups (broad SMARTS) is 1. The fourth-order valence-electron chi connectivity index (χ4n) is 6.78. The van der Waals surface area contributed by atoms with Gasteiger partial charge < -0.3 is 33.3 Å². The SMILES string of the molecule is CCCCCCC/C=C\C/C=C\C/C=C\CCCCCCCCCCCCC(=O)OC(COC(=O)CCCCCCCCCCCC)COC(OCC[N+](C)(C)C)C(=O)[O-]. The lowest BCUT2D eigenvalue weighted by Crippen LogP contribution is -2.44. The number of carboxylic acids is 1. The minimum Gasteiger partial charge on any atom is -0.545 e. The van der Waals surface area contributed by atoms with Crippen LogP contribution in [-0.4, -0.2) is 82.3 Å². The van der Waals surface area contributed by atoms with Crippen LogP contribution in [0.15, 0.2) is 36.5 Å². The van der Waals surface area contributed by atoms with E-state index in [2.05, 4.69) is 50.3 Å². The molecule has 0 aromatic rings. The molecule has 0 aliphatic carbocycles. The summed E-state index contributed by atoms with van der Waals surface area (Å²) in [4.78, 5) is 37.0. The molecular formula is C51H93NO8. The van der Waals surface area contributed by atoms with Crippen LogP contribution in [0.5, 0.6) is 0 Å². The molecule has 0 amide bonds. The zero-order valence-electron chi connectivity index (χ0n) is 39.6. The zero-order chi connectivity index (χ0) is 44.2. The molecular weight excluding hydrogens is 755 g/mol. The number of unbranched alkanes of at least 4 members (excludes halogenated alkanes) is 24. The summed E-state index contributed by atoms with van der Waals surface area (Å²) in [5.41, 5.74) is 0. The number of aliphatic carboxylic acids is 1. The standard InChI is InChI=1S/C51H93NO8/c1-6-8-10-12-14-16-18-19-20-21-22-23-24-25-26-27-28-29-30-31-32-34-36-38-40-42-49(54)60-47(46-59-51(50(55)56)57-44-43-52(3,4)5)45-58-48(53)41-39-37-35-33-17-15-13-11-9-7-2/h18-19,21-22,24-25,47,51H,6-17,20,23,26-46H2,1-5H3/b19-18-,22-21-,25-24-. The van der Waals surface area contributed by atoms with Crippen LogP contribution in [0.2, 0.25) is 0 Å². The van der Waals surface area contributed by atoms with Gasteiger partial charge in [-0.3, -0.25) is 9.59 Å². The summed E-state index contributed by atoms with van der Waals surface area (Å²) in [6, 6.07) is 0. The number of ether oxygens (including phenoxy) is 4. The lowest BCUT2D eigenvalue weighted by Gasteiger charge is -2.26. The molecule has 350 valence electrons. The van der Waals surface area contributed by atoms with Gasteiger partial charge in [0.2, 0.25) is 0 Å². The number of rotatable bonds is 45. The summed E-state index contributed by atoms with van der Waals surface area (Å²) in [6.07, 6.45) is 46.1. The second-order valence-electron chi connectivity index (χ2n) is 17.8. The van der Waals surface area contributed by atoms with Gasteiger partial charge in [-0.25, -0.2) is 0 Å². The van der Waals surface area contributed by atoms with E-state index in [1.54, 1.807) is 0 Å². The molecule has 0 fully saturated rings. The van der Waals surface area contributed by atoms with E-state index in [9.17, 15) is 19.5 Å². The highest BCUT2D eigenvalue weighted by Gasteiger charge is 2.21. The van der Waals surface area contributed by atoms with Gasteiger partial charge in [-0.15, -0.1) is 0 Å². The fourth-order valence-corrected chi connectivity index (χ4v) is 6.78. The van der Waals surface area contributed by atoms with Crippen LogP contribution in [0.1, 0.15) is 213 Å². The van der Waals surface area contributed by atoms with Gasteiger partial charge in [0.15, 0.2) is 12.4 Å². The summed E-state index contributed by atoms with van der Waals surface area (Å²) >= 11 is 0. The van der Waals surface area contributed by atoms with E-state index in [-0.39, 0.29) is 32.2 Å². The minimum atomic E-state index is -1.62. The van der Waals surface area contributed by atoms with Crippen LogP contribution >= 0.6 is 0 Å². The van der Waals surface area contributed by atoms with Crippen molar-refractivity contribution in [2.75, 3.05) is 47.5 Å². The van der Waals surface area contributed by atoms with Crippen molar-refractivity contribution in [1.82, 2.24) is 0 Å². The van der Waals surface area contributed by atoms with Crippen molar-refractivity contribution in [3.63, 3.8) is 0 Å². The zero-order valence-corrected chi connectivity index (χ0v) is 39.6. The number of allylic oxidation sites excluding steroid dienone is 6. The smallest absolute Gasteiger partial charge is 0.306 e. The van der Waals surface area contributed by atoms with Crippen LogP contribution in [0.4, 0.5) is 0 Å². The molecule has 0 aliphatic heterocycles. The largest absolute Gasteiger partial charge is 0.545 e. The summed E-state index contributed by atoms with van der Waals surface area (Å²) in [6.45, 7) is 4.72. The summed E-state index contributed by atoms with van der Waals surface area (Å²) in [5.74, 6) is -2.29. The van der Waals surface area contributed by atoms with Crippen molar-refractivity contribution >= 4 is 17.9 Å². The summed E-state index contributed by atoms with van der Waals surface area (Å²) in [5, 5.41) is 11.7. The maximum atomic E-state index is 12.8. The average molecular weight is 848 g/mol. The van der Waals surface area contributed by atoms with Gasteiger partial charge in [-0.2, -0.15) is 0 Å². The van der Waals surface area contributed by atoms with E-state index in [0.29, 0.717) is 23.9 Å². The molecule has 0 spiro atoms. The Morgan fingerprint density at radius 3 is 1.33 bits per heavy atom. The second-order valence-corrected chi connectivity index (χ2v) is 17.8. The third kappa shape index (κ3) is 43.6. The molecule has 60 heavy (non-hydrogen) atoms. The Labute approximate surface area is 369 Å². The van der Waals surface area contributed by atoms with Gasteiger partial charge in [0.1, 0.15) is 13.2 Å². The molecule has 9 nitrogen and oxygen atoms in total. The van der Waals surface area contributed by atoms with Crippen molar-refractivity contribution in [2.24, 2.45) is 0 Å². The molecule has 9 heteroatoms. The molecule has 0 saturated heterocycles. The van der Waals surface area contributed by atoms with Crippen LogP contribution in [0, 0.1) is 0 Å². The molecule has 0 rings (SSSR count). The van der Waals surface area contributed by atoms with E-state index in [1.165, 1.54) is 128 Å². The molecule has 0 heterocycles. The normalized spacial score (nSPS) is 13.2. The van der Waals surface area contributed by atoms with Crippen molar-refractivity contribution in [3.8, 4) is 0 Å². The molecule has 0 aliphatic rings. The fraction of sp³-hybridized carbons (Fsp3) is 0.824. The van der Waals surface area contributed by atoms with E-state index < -0.39 is 24.3 Å². The van der Waals surface area contributed by atoms with Crippen LogP contribution in [-0.2, 0) is 33.3 Å². The summed E-state index contributed by atoms with van der Waals surface area (Å²) in [7, 11) is 5.91. The highest BCUT2D eigenvalue weighted by Crippen LogP contribution is 2.15. The van der Waals surface area contributed by atoms with E-state index >= 15 is 0 Å². The van der Waals surface area contributed by atoms with E-state index in [1.807, 2.05) is 21.1 Å².